The van der Waals surface area contributed by atoms with Crippen molar-refractivity contribution in [2.75, 3.05) is 12.3 Å². The number of thioether (sulfide) groups is 1. The van der Waals surface area contributed by atoms with Gasteiger partial charge in [-0.05, 0) is 28.8 Å². The third-order valence-electron chi connectivity index (χ3n) is 4.16. The van der Waals surface area contributed by atoms with Crippen molar-refractivity contribution in [3.8, 4) is 0 Å². The first kappa shape index (κ1) is 19.9. The SMILES string of the molecule is CC(C)CNC(=O)NC(=O)CSc1nc2cc3ccccc3cc2c(=O)n1C. The summed E-state index contributed by atoms with van der Waals surface area (Å²) in [6.45, 7) is 4.42. The molecule has 146 valence electrons. The van der Waals surface area contributed by atoms with Gasteiger partial charge in [0.2, 0.25) is 5.91 Å². The van der Waals surface area contributed by atoms with Crippen LogP contribution in [-0.4, -0.2) is 33.8 Å². The number of carbonyl (C=O) groups is 2. The zero-order valence-corrected chi connectivity index (χ0v) is 16.8. The Hall–Kier alpha value is -2.87. The van der Waals surface area contributed by atoms with Crippen molar-refractivity contribution in [2.24, 2.45) is 13.0 Å². The molecule has 8 heteroatoms. The summed E-state index contributed by atoms with van der Waals surface area (Å²) < 4.78 is 1.42. The number of imide groups is 1. The van der Waals surface area contributed by atoms with Crippen molar-refractivity contribution in [1.29, 1.82) is 0 Å². The molecule has 0 saturated carbocycles. The highest BCUT2D eigenvalue weighted by Crippen LogP contribution is 2.22. The minimum absolute atomic E-state index is 0.0194. The standard InChI is InChI=1S/C20H22N4O3S/c1-12(2)10-21-19(27)23-17(25)11-28-20-22-16-9-14-7-5-4-6-13(14)8-15(16)18(26)24(20)3/h4-9,12H,10-11H2,1-3H3,(H2,21,23,25,27). The highest BCUT2D eigenvalue weighted by Gasteiger charge is 2.13. The first-order chi connectivity index (χ1) is 13.3. The number of hydrogen-bond acceptors (Lipinski definition) is 5. The molecule has 0 unspecified atom stereocenters. The predicted octanol–water partition coefficient (Wildman–Crippen LogP) is 2.66. The summed E-state index contributed by atoms with van der Waals surface area (Å²) in [7, 11) is 1.62. The summed E-state index contributed by atoms with van der Waals surface area (Å²) in [6.07, 6.45) is 0. The molecule has 7 nitrogen and oxygen atoms in total. The van der Waals surface area contributed by atoms with Crippen LogP contribution in [0.25, 0.3) is 21.7 Å². The molecule has 1 heterocycles. The number of amides is 3. The van der Waals surface area contributed by atoms with Crippen LogP contribution in [0.2, 0.25) is 0 Å². The lowest BCUT2D eigenvalue weighted by molar-refractivity contribution is -0.117. The summed E-state index contributed by atoms with van der Waals surface area (Å²) in [5.41, 5.74) is 0.410. The van der Waals surface area contributed by atoms with Crippen molar-refractivity contribution < 1.29 is 9.59 Å². The summed E-state index contributed by atoms with van der Waals surface area (Å²) in [5.74, 6) is -0.171. The Kier molecular flexibility index (Phi) is 5.99. The lowest BCUT2D eigenvalue weighted by Crippen LogP contribution is -2.41. The average molecular weight is 398 g/mol. The summed E-state index contributed by atoms with van der Waals surface area (Å²) in [5, 5.41) is 7.82. The molecule has 0 fully saturated rings. The van der Waals surface area contributed by atoms with E-state index in [4.69, 9.17) is 0 Å². The Balaban J connectivity index is 1.77. The fourth-order valence-corrected chi connectivity index (χ4v) is 3.47. The van der Waals surface area contributed by atoms with E-state index in [-0.39, 0.29) is 11.3 Å². The quantitative estimate of drug-likeness (QED) is 0.392. The van der Waals surface area contributed by atoms with E-state index < -0.39 is 11.9 Å². The second kappa shape index (κ2) is 8.43. The fourth-order valence-electron chi connectivity index (χ4n) is 2.70. The normalized spacial score (nSPS) is 11.1. The molecule has 0 saturated heterocycles. The van der Waals surface area contributed by atoms with E-state index in [1.165, 1.54) is 4.57 Å². The Morgan fingerprint density at radius 1 is 1.18 bits per heavy atom. The molecule has 2 N–H and O–H groups in total. The summed E-state index contributed by atoms with van der Waals surface area (Å²) in [4.78, 5) is 40.9. The number of aromatic nitrogens is 2. The van der Waals surface area contributed by atoms with Crippen molar-refractivity contribution in [3.05, 3.63) is 46.8 Å². The minimum Gasteiger partial charge on any atom is -0.338 e. The minimum atomic E-state index is -0.522. The van der Waals surface area contributed by atoms with E-state index >= 15 is 0 Å². The molecule has 0 spiro atoms. The number of rotatable bonds is 5. The molecule has 0 radical (unpaired) electrons. The zero-order chi connectivity index (χ0) is 20.3. The Bertz CT molecular complexity index is 1110. The Morgan fingerprint density at radius 2 is 1.86 bits per heavy atom. The highest BCUT2D eigenvalue weighted by molar-refractivity contribution is 7.99. The molecule has 0 aliphatic heterocycles. The van der Waals surface area contributed by atoms with Crippen LogP contribution >= 0.6 is 11.8 Å². The number of nitrogens with zero attached hydrogens (tertiary/aromatic N) is 2. The maximum absolute atomic E-state index is 12.7. The molecular weight excluding hydrogens is 376 g/mol. The second-order valence-corrected chi connectivity index (χ2v) is 7.86. The summed E-state index contributed by atoms with van der Waals surface area (Å²) in [6, 6.07) is 10.9. The molecule has 0 atom stereocenters. The van der Waals surface area contributed by atoms with Crippen molar-refractivity contribution in [2.45, 2.75) is 19.0 Å². The summed E-state index contributed by atoms with van der Waals surface area (Å²) >= 11 is 1.12. The van der Waals surface area contributed by atoms with Gasteiger partial charge in [0.05, 0.1) is 16.7 Å². The van der Waals surface area contributed by atoms with Crippen LogP contribution in [0.15, 0.2) is 46.3 Å². The van der Waals surface area contributed by atoms with Gasteiger partial charge in [0.1, 0.15) is 0 Å². The highest BCUT2D eigenvalue weighted by atomic mass is 32.2. The molecule has 3 rings (SSSR count). The van der Waals surface area contributed by atoms with Crippen LogP contribution in [0.3, 0.4) is 0 Å². The molecule has 0 bridgehead atoms. The third kappa shape index (κ3) is 4.51. The molecular formula is C20H22N4O3S. The van der Waals surface area contributed by atoms with E-state index in [1.54, 1.807) is 7.05 Å². The number of carbonyl (C=O) groups excluding carboxylic acids is 2. The number of urea groups is 1. The van der Waals surface area contributed by atoms with E-state index in [0.717, 1.165) is 22.5 Å². The van der Waals surface area contributed by atoms with Gasteiger partial charge in [-0.2, -0.15) is 0 Å². The van der Waals surface area contributed by atoms with Crippen LogP contribution in [0, 0.1) is 5.92 Å². The molecule has 28 heavy (non-hydrogen) atoms. The van der Waals surface area contributed by atoms with E-state index in [9.17, 15) is 14.4 Å². The first-order valence-corrected chi connectivity index (χ1v) is 9.93. The predicted molar refractivity (Wildman–Crippen MR) is 112 cm³/mol. The molecule has 0 aliphatic rings. The lowest BCUT2D eigenvalue weighted by atomic mass is 10.1. The van der Waals surface area contributed by atoms with Crippen LogP contribution in [-0.2, 0) is 11.8 Å². The first-order valence-electron chi connectivity index (χ1n) is 8.95. The third-order valence-corrected chi connectivity index (χ3v) is 5.19. The zero-order valence-electron chi connectivity index (χ0n) is 16.0. The Labute approximate surface area is 166 Å². The number of benzene rings is 2. The smallest absolute Gasteiger partial charge is 0.321 e. The van der Waals surface area contributed by atoms with Crippen molar-refractivity contribution in [1.82, 2.24) is 20.2 Å². The van der Waals surface area contributed by atoms with Gasteiger partial charge >= 0.3 is 6.03 Å². The van der Waals surface area contributed by atoms with Crippen molar-refractivity contribution in [3.63, 3.8) is 0 Å². The van der Waals surface area contributed by atoms with Gasteiger partial charge in [0.25, 0.3) is 5.56 Å². The van der Waals surface area contributed by atoms with Gasteiger partial charge in [0.15, 0.2) is 5.16 Å². The van der Waals surface area contributed by atoms with E-state index in [0.29, 0.717) is 28.5 Å². The van der Waals surface area contributed by atoms with Gasteiger partial charge in [-0.25, -0.2) is 9.78 Å². The van der Waals surface area contributed by atoms with Gasteiger partial charge in [-0.1, -0.05) is 49.9 Å². The van der Waals surface area contributed by atoms with E-state index in [2.05, 4.69) is 15.6 Å². The van der Waals surface area contributed by atoms with Gasteiger partial charge in [0, 0.05) is 13.6 Å². The van der Waals surface area contributed by atoms with Crippen LogP contribution in [0.4, 0.5) is 4.79 Å². The van der Waals surface area contributed by atoms with Crippen LogP contribution in [0.1, 0.15) is 13.8 Å². The molecule has 3 aromatic rings. The number of fused-ring (bicyclic) bond motifs is 2. The number of nitrogens with one attached hydrogen (secondary N) is 2. The molecule has 2 aromatic carbocycles. The second-order valence-electron chi connectivity index (χ2n) is 6.92. The maximum Gasteiger partial charge on any atom is 0.321 e. The maximum atomic E-state index is 12.7. The monoisotopic (exact) mass is 398 g/mol. The molecule has 3 amide bonds. The molecule has 0 aliphatic carbocycles. The van der Waals surface area contributed by atoms with Gasteiger partial charge < -0.3 is 5.32 Å². The van der Waals surface area contributed by atoms with Crippen LogP contribution < -0.4 is 16.2 Å². The van der Waals surface area contributed by atoms with Gasteiger partial charge in [-0.3, -0.25) is 19.5 Å². The largest absolute Gasteiger partial charge is 0.338 e. The van der Waals surface area contributed by atoms with Crippen LogP contribution in [0.5, 0.6) is 0 Å². The number of hydrogen-bond donors (Lipinski definition) is 2. The lowest BCUT2D eigenvalue weighted by Gasteiger charge is -2.10. The Morgan fingerprint density at radius 3 is 2.54 bits per heavy atom. The topological polar surface area (TPSA) is 93.1 Å². The average Bonchev–Trinajstić information content (AvgIpc) is 2.67. The molecule has 1 aromatic heterocycles. The van der Waals surface area contributed by atoms with Crippen molar-refractivity contribution >= 4 is 45.4 Å². The fraction of sp³-hybridized carbons (Fsp3) is 0.300. The van der Waals surface area contributed by atoms with Gasteiger partial charge in [-0.15, -0.1) is 0 Å². The van der Waals surface area contributed by atoms with E-state index in [1.807, 2.05) is 50.2 Å².